The number of unbranched alkanes of at least 4 members (excludes halogenated alkanes) is 2. The van der Waals surface area contributed by atoms with E-state index in [9.17, 15) is 13.6 Å². The molecule has 5 heteroatoms. The summed E-state index contributed by atoms with van der Waals surface area (Å²) in [6.45, 7) is 8.82. The molecule has 21 heavy (non-hydrogen) atoms. The average molecular weight is 324 g/mol. The van der Waals surface area contributed by atoms with Crippen LogP contribution >= 0.6 is 11.8 Å². The van der Waals surface area contributed by atoms with E-state index in [2.05, 4.69) is 13.8 Å². The smallest absolute Gasteiger partial charge is 0.319 e. The first kappa shape index (κ1) is 20.7. The number of rotatable bonds is 11. The van der Waals surface area contributed by atoms with E-state index < -0.39 is 5.92 Å². The van der Waals surface area contributed by atoms with Gasteiger partial charge >= 0.3 is 5.97 Å². The van der Waals surface area contributed by atoms with Crippen molar-refractivity contribution in [3.63, 3.8) is 0 Å². The van der Waals surface area contributed by atoms with E-state index in [0.717, 1.165) is 31.9 Å². The van der Waals surface area contributed by atoms with Crippen LogP contribution < -0.4 is 0 Å². The van der Waals surface area contributed by atoms with Crippen LogP contribution in [0.5, 0.6) is 0 Å². The van der Waals surface area contributed by atoms with Gasteiger partial charge in [0.25, 0.3) is 0 Å². The molecule has 0 spiro atoms. The minimum atomic E-state index is -2.56. The van der Waals surface area contributed by atoms with Crippen molar-refractivity contribution in [2.45, 2.75) is 84.0 Å². The van der Waals surface area contributed by atoms with E-state index in [1.54, 1.807) is 11.8 Å². The molecule has 1 atom stereocenters. The predicted molar refractivity (Wildman–Crippen MR) is 86.0 cm³/mol. The molecule has 0 N–H and O–H groups in total. The lowest BCUT2D eigenvalue weighted by molar-refractivity contribution is -0.147. The number of hydrogen-bond acceptors (Lipinski definition) is 3. The van der Waals surface area contributed by atoms with Crippen molar-refractivity contribution in [1.29, 1.82) is 0 Å². The van der Waals surface area contributed by atoms with Gasteiger partial charge < -0.3 is 4.74 Å². The zero-order valence-electron chi connectivity index (χ0n) is 14.0. The van der Waals surface area contributed by atoms with Crippen LogP contribution in [0.15, 0.2) is 0 Å². The van der Waals surface area contributed by atoms with Crippen LogP contribution in [0.1, 0.15) is 66.7 Å². The van der Waals surface area contributed by atoms with Gasteiger partial charge in [-0.1, -0.05) is 20.3 Å². The number of hydrogen-bond donors (Lipinski definition) is 0. The van der Waals surface area contributed by atoms with E-state index in [4.69, 9.17) is 4.74 Å². The molecular weight excluding hydrogens is 294 g/mol. The Morgan fingerprint density at radius 1 is 1.14 bits per heavy atom. The van der Waals surface area contributed by atoms with Gasteiger partial charge in [0, 0.05) is 6.42 Å². The molecule has 126 valence electrons. The van der Waals surface area contributed by atoms with Crippen molar-refractivity contribution in [3.8, 4) is 0 Å². The third kappa shape index (κ3) is 13.1. The molecule has 0 heterocycles. The van der Waals surface area contributed by atoms with Crippen LogP contribution in [-0.4, -0.2) is 29.0 Å². The van der Waals surface area contributed by atoms with E-state index in [1.165, 1.54) is 0 Å². The maximum Gasteiger partial charge on any atom is 0.319 e. The number of carbonyl (C=O) groups is 1. The van der Waals surface area contributed by atoms with Gasteiger partial charge in [-0.15, -0.1) is 11.8 Å². The molecule has 0 radical (unpaired) electrons. The van der Waals surface area contributed by atoms with Crippen LogP contribution in [0.3, 0.4) is 0 Å². The first-order valence-electron chi connectivity index (χ1n) is 7.81. The summed E-state index contributed by atoms with van der Waals surface area (Å²) < 4.78 is 30.6. The summed E-state index contributed by atoms with van der Waals surface area (Å²) in [7, 11) is 0. The average Bonchev–Trinajstić information content (AvgIpc) is 2.29. The van der Waals surface area contributed by atoms with Gasteiger partial charge in [-0.2, -0.15) is 0 Å². The highest BCUT2D eigenvalue weighted by Crippen LogP contribution is 2.24. The fourth-order valence-electron chi connectivity index (χ4n) is 1.91. The quantitative estimate of drug-likeness (QED) is 0.381. The maximum atomic E-state index is 12.7. The summed E-state index contributed by atoms with van der Waals surface area (Å²) in [6, 6.07) is 0. The standard InChI is InChI=1S/C16H30F2O2S/c1-12(2)11-14(15(19)20-13(3)4)21-10-8-6-7-9-16(5,17)18/h12-14H,6-11H2,1-5H3. The molecule has 0 aliphatic rings. The minimum absolute atomic E-state index is 0.0531. The SMILES string of the molecule is CC(C)CC(SCCCCCC(C)(F)F)C(=O)OC(C)C. The second-order valence-corrected chi connectivity index (χ2v) is 7.67. The van der Waals surface area contributed by atoms with Crippen LogP contribution in [0, 0.1) is 5.92 Å². The number of esters is 1. The first-order chi connectivity index (χ1) is 9.61. The fraction of sp³-hybridized carbons (Fsp3) is 0.938. The number of thioether (sulfide) groups is 1. The topological polar surface area (TPSA) is 26.3 Å². The molecular formula is C16H30F2O2S. The van der Waals surface area contributed by atoms with Gasteiger partial charge in [0.15, 0.2) is 0 Å². The summed E-state index contributed by atoms with van der Waals surface area (Å²) in [5, 5.41) is -0.139. The third-order valence-corrected chi connectivity index (χ3v) is 4.19. The summed E-state index contributed by atoms with van der Waals surface area (Å²) >= 11 is 1.60. The molecule has 0 rings (SSSR count). The number of carbonyl (C=O) groups excluding carboxylic acids is 1. The molecule has 2 nitrogen and oxygen atoms in total. The summed E-state index contributed by atoms with van der Waals surface area (Å²) in [5.74, 6) is -1.46. The molecule has 0 saturated heterocycles. The Hall–Kier alpha value is -0.320. The molecule has 1 unspecified atom stereocenters. The molecule has 0 aromatic rings. The summed E-state index contributed by atoms with van der Waals surface area (Å²) in [4.78, 5) is 12.0. The van der Waals surface area contributed by atoms with Crippen molar-refractivity contribution in [3.05, 3.63) is 0 Å². The Balaban J connectivity index is 3.99. The molecule has 0 aromatic carbocycles. The maximum absolute atomic E-state index is 12.7. The van der Waals surface area contributed by atoms with Gasteiger partial charge in [0.2, 0.25) is 5.92 Å². The van der Waals surface area contributed by atoms with E-state index in [-0.39, 0.29) is 23.7 Å². The highest BCUT2D eigenvalue weighted by Gasteiger charge is 2.23. The lowest BCUT2D eigenvalue weighted by atomic mass is 10.1. The monoisotopic (exact) mass is 324 g/mol. The van der Waals surface area contributed by atoms with Gasteiger partial charge in [-0.25, -0.2) is 8.78 Å². The predicted octanol–water partition coefficient (Wildman–Crippen LogP) is 5.30. The molecule has 0 amide bonds. The molecule has 0 aliphatic heterocycles. The van der Waals surface area contributed by atoms with Gasteiger partial charge in [0.1, 0.15) is 5.25 Å². The molecule has 0 saturated carbocycles. The second kappa shape index (κ2) is 10.4. The molecule has 0 aliphatic carbocycles. The first-order valence-corrected chi connectivity index (χ1v) is 8.86. The summed E-state index contributed by atoms with van der Waals surface area (Å²) in [6.07, 6.45) is 2.83. The normalized spacial score (nSPS) is 13.8. The zero-order chi connectivity index (χ0) is 16.5. The number of ether oxygens (including phenoxy) is 1. The van der Waals surface area contributed by atoms with Gasteiger partial charge in [-0.05, 0) is 51.7 Å². The fourth-order valence-corrected chi connectivity index (χ4v) is 3.28. The third-order valence-electron chi connectivity index (χ3n) is 2.88. The van der Waals surface area contributed by atoms with Gasteiger partial charge in [-0.3, -0.25) is 4.79 Å². The van der Waals surface area contributed by atoms with Crippen molar-refractivity contribution >= 4 is 17.7 Å². The zero-order valence-corrected chi connectivity index (χ0v) is 14.8. The minimum Gasteiger partial charge on any atom is -0.462 e. The molecule has 0 bridgehead atoms. The van der Waals surface area contributed by atoms with Crippen molar-refractivity contribution < 1.29 is 18.3 Å². The largest absolute Gasteiger partial charge is 0.462 e. The Morgan fingerprint density at radius 3 is 2.24 bits per heavy atom. The van der Waals surface area contributed by atoms with Crippen molar-refractivity contribution in [2.24, 2.45) is 5.92 Å². The lowest BCUT2D eigenvalue weighted by Crippen LogP contribution is -2.25. The number of halogens is 2. The second-order valence-electron chi connectivity index (χ2n) is 6.36. The van der Waals surface area contributed by atoms with Crippen molar-refractivity contribution in [1.82, 2.24) is 0 Å². The van der Waals surface area contributed by atoms with E-state index >= 15 is 0 Å². The Kier molecular flexibility index (Phi) is 10.3. The van der Waals surface area contributed by atoms with Crippen LogP contribution in [0.4, 0.5) is 8.78 Å². The Morgan fingerprint density at radius 2 is 1.76 bits per heavy atom. The molecule has 0 aromatic heterocycles. The van der Waals surface area contributed by atoms with Crippen molar-refractivity contribution in [2.75, 3.05) is 5.75 Å². The van der Waals surface area contributed by atoms with E-state index in [1.807, 2.05) is 13.8 Å². The highest BCUT2D eigenvalue weighted by molar-refractivity contribution is 8.00. The van der Waals surface area contributed by atoms with Crippen LogP contribution in [0.2, 0.25) is 0 Å². The number of alkyl halides is 2. The van der Waals surface area contributed by atoms with Crippen LogP contribution in [0.25, 0.3) is 0 Å². The Labute approximate surface area is 132 Å². The summed E-state index contributed by atoms with van der Waals surface area (Å²) in [5.41, 5.74) is 0. The highest BCUT2D eigenvalue weighted by atomic mass is 32.2. The lowest BCUT2D eigenvalue weighted by Gasteiger charge is -2.19. The van der Waals surface area contributed by atoms with E-state index in [0.29, 0.717) is 12.3 Å². The van der Waals surface area contributed by atoms with Crippen LogP contribution in [-0.2, 0) is 9.53 Å². The van der Waals surface area contributed by atoms with Gasteiger partial charge in [0.05, 0.1) is 6.10 Å². The Bertz CT molecular complexity index is 288. The molecule has 0 fully saturated rings.